The zero-order valence-electron chi connectivity index (χ0n) is 12.4. The van der Waals surface area contributed by atoms with E-state index >= 15 is 0 Å². The summed E-state index contributed by atoms with van der Waals surface area (Å²) in [5.41, 5.74) is 0. The summed E-state index contributed by atoms with van der Waals surface area (Å²) in [6.07, 6.45) is 6.78. The van der Waals surface area contributed by atoms with Gasteiger partial charge in [0, 0.05) is 38.4 Å². The fourth-order valence-corrected chi connectivity index (χ4v) is 2.96. The topological polar surface area (TPSA) is 52.0 Å². The molecule has 0 amide bonds. The molecule has 6 heteroatoms. The van der Waals surface area contributed by atoms with Gasteiger partial charge in [0.1, 0.15) is 11.6 Å². The van der Waals surface area contributed by atoms with E-state index in [0.717, 1.165) is 56.6 Å². The Morgan fingerprint density at radius 3 is 2.73 bits per heavy atom. The van der Waals surface area contributed by atoms with Gasteiger partial charge in [-0.1, -0.05) is 0 Å². The first-order valence-corrected chi connectivity index (χ1v) is 7.65. The highest BCUT2D eigenvalue weighted by atomic mass is 16.3. The van der Waals surface area contributed by atoms with Crippen LogP contribution in [0.4, 0.5) is 0 Å². The molecule has 0 N–H and O–H groups in total. The van der Waals surface area contributed by atoms with Gasteiger partial charge in [-0.3, -0.25) is 4.90 Å². The van der Waals surface area contributed by atoms with E-state index in [1.807, 2.05) is 24.3 Å². The predicted molar refractivity (Wildman–Crippen MR) is 81.2 cm³/mol. The van der Waals surface area contributed by atoms with E-state index in [0.29, 0.717) is 0 Å². The van der Waals surface area contributed by atoms with Gasteiger partial charge in [0.25, 0.3) is 0 Å². The standard InChI is InChI=1S/C16H19N5O/c1-2-7-19(6-1)13-16-18-17-15-5-8-20(9-10-21(15)16)12-14-4-3-11-22-14/h1-4,6-7,11H,5,8-10,12-13H2. The van der Waals surface area contributed by atoms with Crippen molar-refractivity contribution in [1.82, 2.24) is 24.2 Å². The third-order valence-corrected chi connectivity index (χ3v) is 4.15. The lowest BCUT2D eigenvalue weighted by Crippen LogP contribution is -2.26. The van der Waals surface area contributed by atoms with Gasteiger partial charge in [-0.05, 0) is 24.3 Å². The molecule has 0 aromatic carbocycles. The van der Waals surface area contributed by atoms with Crippen LogP contribution in [0.3, 0.4) is 0 Å². The third-order valence-electron chi connectivity index (χ3n) is 4.15. The Morgan fingerprint density at radius 1 is 1.00 bits per heavy atom. The lowest BCUT2D eigenvalue weighted by molar-refractivity contribution is 0.248. The average Bonchev–Trinajstić information content (AvgIpc) is 3.24. The number of nitrogens with zero attached hydrogens (tertiary/aromatic N) is 5. The summed E-state index contributed by atoms with van der Waals surface area (Å²) in [7, 11) is 0. The fraction of sp³-hybridized carbons (Fsp3) is 0.375. The number of rotatable bonds is 4. The molecule has 0 bridgehead atoms. The molecule has 3 aromatic heterocycles. The summed E-state index contributed by atoms with van der Waals surface area (Å²) in [5, 5.41) is 8.75. The van der Waals surface area contributed by atoms with Crippen molar-refractivity contribution in [3.05, 3.63) is 60.3 Å². The molecular formula is C16H19N5O. The average molecular weight is 297 g/mol. The molecule has 22 heavy (non-hydrogen) atoms. The number of hydrogen-bond acceptors (Lipinski definition) is 4. The lowest BCUT2D eigenvalue weighted by atomic mass is 10.3. The van der Waals surface area contributed by atoms with Crippen molar-refractivity contribution in [2.75, 3.05) is 13.1 Å². The molecule has 1 aliphatic rings. The van der Waals surface area contributed by atoms with E-state index in [-0.39, 0.29) is 0 Å². The molecule has 0 unspecified atom stereocenters. The molecule has 114 valence electrons. The van der Waals surface area contributed by atoms with E-state index < -0.39 is 0 Å². The molecule has 1 aliphatic heterocycles. The number of hydrogen-bond donors (Lipinski definition) is 0. The quantitative estimate of drug-likeness (QED) is 0.736. The molecule has 0 saturated heterocycles. The summed E-state index contributed by atoms with van der Waals surface area (Å²) in [6, 6.07) is 8.04. The Hall–Kier alpha value is -2.34. The van der Waals surface area contributed by atoms with E-state index in [1.54, 1.807) is 6.26 Å². The summed E-state index contributed by atoms with van der Waals surface area (Å²) in [6.45, 7) is 4.54. The second-order valence-electron chi connectivity index (χ2n) is 5.64. The summed E-state index contributed by atoms with van der Waals surface area (Å²) < 4.78 is 9.84. The first-order chi connectivity index (χ1) is 10.9. The minimum atomic E-state index is 0.776. The Balaban J connectivity index is 1.46. The second kappa shape index (κ2) is 5.81. The minimum absolute atomic E-state index is 0.776. The van der Waals surface area contributed by atoms with Crippen LogP contribution in [0.1, 0.15) is 17.4 Å². The van der Waals surface area contributed by atoms with Gasteiger partial charge in [-0.2, -0.15) is 0 Å². The van der Waals surface area contributed by atoms with Crippen molar-refractivity contribution in [2.24, 2.45) is 0 Å². The SMILES string of the molecule is c1coc(CN2CCc3nnc(Cn4cccc4)n3CC2)c1. The molecule has 4 heterocycles. The summed E-state index contributed by atoms with van der Waals surface area (Å²) in [5.74, 6) is 3.14. The van der Waals surface area contributed by atoms with E-state index in [4.69, 9.17) is 4.42 Å². The summed E-state index contributed by atoms with van der Waals surface area (Å²) in [4.78, 5) is 2.41. The molecular weight excluding hydrogens is 278 g/mol. The number of fused-ring (bicyclic) bond motifs is 1. The largest absolute Gasteiger partial charge is 0.468 e. The minimum Gasteiger partial charge on any atom is -0.468 e. The first kappa shape index (κ1) is 13.3. The first-order valence-electron chi connectivity index (χ1n) is 7.65. The second-order valence-corrected chi connectivity index (χ2v) is 5.64. The van der Waals surface area contributed by atoms with Gasteiger partial charge in [0.2, 0.25) is 0 Å². The van der Waals surface area contributed by atoms with Crippen LogP contribution < -0.4 is 0 Å². The molecule has 3 aromatic rings. The van der Waals surface area contributed by atoms with Crippen molar-refractivity contribution < 1.29 is 4.42 Å². The maximum absolute atomic E-state index is 5.45. The van der Waals surface area contributed by atoms with Crippen LogP contribution in [0.5, 0.6) is 0 Å². The van der Waals surface area contributed by atoms with Crippen molar-refractivity contribution in [3.8, 4) is 0 Å². The highest BCUT2D eigenvalue weighted by Crippen LogP contribution is 2.13. The zero-order chi connectivity index (χ0) is 14.8. The smallest absolute Gasteiger partial charge is 0.153 e. The lowest BCUT2D eigenvalue weighted by Gasteiger charge is -2.17. The Morgan fingerprint density at radius 2 is 1.91 bits per heavy atom. The number of aromatic nitrogens is 4. The maximum atomic E-state index is 5.45. The molecule has 0 spiro atoms. The van der Waals surface area contributed by atoms with Crippen LogP contribution in [0.2, 0.25) is 0 Å². The Labute approximate surface area is 129 Å². The van der Waals surface area contributed by atoms with Crippen molar-refractivity contribution in [3.63, 3.8) is 0 Å². The highest BCUT2D eigenvalue weighted by molar-refractivity contribution is 5.03. The predicted octanol–water partition coefficient (Wildman–Crippen LogP) is 1.78. The van der Waals surface area contributed by atoms with Crippen LogP contribution in [0.15, 0.2) is 47.3 Å². The van der Waals surface area contributed by atoms with Crippen LogP contribution >= 0.6 is 0 Å². The molecule has 0 atom stereocenters. The normalized spacial score (nSPS) is 15.6. The van der Waals surface area contributed by atoms with Gasteiger partial charge >= 0.3 is 0 Å². The Kier molecular flexibility index (Phi) is 3.52. The Bertz CT molecular complexity index is 714. The van der Waals surface area contributed by atoms with Crippen LogP contribution in [-0.4, -0.2) is 37.3 Å². The van der Waals surface area contributed by atoms with Crippen molar-refractivity contribution >= 4 is 0 Å². The molecule has 0 aliphatic carbocycles. The molecule has 0 radical (unpaired) electrons. The van der Waals surface area contributed by atoms with Crippen molar-refractivity contribution in [1.29, 1.82) is 0 Å². The van der Waals surface area contributed by atoms with Crippen LogP contribution in [-0.2, 0) is 26.1 Å². The fourth-order valence-electron chi connectivity index (χ4n) is 2.96. The van der Waals surface area contributed by atoms with E-state index in [2.05, 4.69) is 36.6 Å². The van der Waals surface area contributed by atoms with E-state index in [1.165, 1.54) is 0 Å². The molecule has 0 saturated carbocycles. The van der Waals surface area contributed by atoms with E-state index in [9.17, 15) is 0 Å². The van der Waals surface area contributed by atoms with Crippen LogP contribution in [0, 0.1) is 0 Å². The van der Waals surface area contributed by atoms with Gasteiger partial charge in [0.05, 0.1) is 19.4 Å². The highest BCUT2D eigenvalue weighted by Gasteiger charge is 2.19. The van der Waals surface area contributed by atoms with Gasteiger partial charge in [0.15, 0.2) is 5.82 Å². The molecule has 4 rings (SSSR count). The van der Waals surface area contributed by atoms with Crippen LogP contribution in [0.25, 0.3) is 0 Å². The number of furan rings is 1. The maximum Gasteiger partial charge on any atom is 0.153 e. The molecule has 6 nitrogen and oxygen atoms in total. The monoisotopic (exact) mass is 297 g/mol. The van der Waals surface area contributed by atoms with Crippen molar-refractivity contribution in [2.45, 2.75) is 26.1 Å². The van der Waals surface area contributed by atoms with Gasteiger partial charge in [-0.25, -0.2) is 0 Å². The summed E-state index contributed by atoms with van der Waals surface area (Å²) >= 11 is 0. The molecule has 0 fully saturated rings. The zero-order valence-corrected chi connectivity index (χ0v) is 12.4. The third kappa shape index (κ3) is 2.69. The van der Waals surface area contributed by atoms with Gasteiger partial charge in [-0.15, -0.1) is 10.2 Å². The van der Waals surface area contributed by atoms with Gasteiger partial charge < -0.3 is 13.6 Å².